The molecule has 19 heavy (non-hydrogen) atoms. The summed E-state index contributed by atoms with van der Waals surface area (Å²) in [6, 6.07) is 10.4. The van der Waals surface area contributed by atoms with Crippen molar-refractivity contribution in [3.8, 4) is 0 Å². The number of nitrogens with one attached hydrogen (secondary N) is 1. The average Bonchev–Trinajstić information content (AvgIpc) is 2.40. The first-order valence-electron chi connectivity index (χ1n) is 5.60. The van der Waals surface area contributed by atoms with Crippen molar-refractivity contribution in [2.24, 2.45) is 0 Å². The molecule has 0 bridgehead atoms. The van der Waals surface area contributed by atoms with Crippen LogP contribution in [-0.4, -0.2) is 7.05 Å². The van der Waals surface area contributed by atoms with Crippen LogP contribution in [0.3, 0.4) is 0 Å². The third-order valence-electron chi connectivity index (χ3n) is 2.85. The Labute approximate surface area is 129 Å². The maximum atomic E-state index is 14.3. The second-order valence-electron chi connectivity index (χ2n) is 4.04. The molecule has 0 aliphatic carbocycles. The second kappa shape index (κ2) is 6.23. The Balaban J connectivity index is 2.51. The normalized spacial score (nSPS) is 12.5. The highest BCUT2D eigenvalue weighted by Gasteiger charge is 2.19. The number of halogens is 4. The van der Waals surface area contributed by atoms with Gasteiger partial charge in [0, 0.05) is 15.1 Å². The highest BCUT2D eigenvalue weighted by Crippen LogP contribution is 2.33. The van der Waals surface area contributed by atoms with E-state index in [2.05, 4.69) is 21.2 Å². The molecule has 5 heteroatoms. The summed E-state index contributed by atoms with van der Waals surface area (Å²) in [6.45, 7) is 0. The van der Waals surface area contributed by atoms with E-state index in [9.17, 15) is 4.39 Å². The molecule has 0 radical (unpaired) electrons. The van der Waals surface area contributed by atoms with Gasteiger partial charge in [-0.1, -0.05) is 41.4 Å². The predicted octanol–water partition coefficient (Wildman–Crippen LogP) is 5.20. The number of hydrogen-bond donors (Lipinski definition) is 1. The lowest BCUT2D eigenvalue weighted by Gasteiger charge is -2.19. The van der Waals surface area contributed by atoms with Crippen LogP contribution in [0.15, 0.2) is 40.9 Å². The minimum Gasteiger partial charge on any atom is -0.309 e. The zero-order valence-electron chi connectivity index (χ0n) is 10.1. The molecule has 1 nitrogen and oxygen atoms in total. The van der Waals surface area contributed by atoms with Crippen molar-refractivity contribution in [3.05, 3.63) is 67.9 Å². The molecule has 1 atom stereocenters. The van der Waals surface area contributed by atoms with Gasteiger partial charge in [0.25, 0.3) is 0 Å². The van der Waals surface area contributed by atoms with Crippen molar-refractivity contribution in [2.45, 2.75) is 6.04 Å². The van der Waals surface area contributed by atoms with Gasteiger partial charge in [-0.3, -0.25) is 0 Å². The topological polar surface area (TPSA) is 12.0 Å². The van der Waals surface area contributed by atoms with Crippen LogP contribution in [0, 0.1) is 5.82 Å². The van der Waals surface area contributed by atoms with Gasteiger partial charge < -0.3 is 5.32 Å². The minimum absolute atomic E-state index is 0.0831. The molecule has 1 unspecified atom stereocenters. The Morgan fingerprint density at radius 3 is 2.58 bits per heavy atom. The molecule has 2 rings (SSSR count). The molecule has 0 amide bonds. The molecular formula is C14H11BrCl2FN. The summed E-state index contributed by atoms with van der Waals surface area (Å²) >= 11 is 15.1. The van der Waals surface area contributed by atoms with Gasteiger partial charge in [-0.15, -0.1) is 0 Å². The van der Waals surface area contributed by atoms with E-state index in [1.807, 2.05) is 12.1 Å². The van der Waals surface area contributed by atoms with Crippen LogP contribution >= 0.6 is 39.1 Å². The van der Waals surface area contributed by atoms with Gasteiger partial charge >= 0.3 is 0 Å². The molecule has 0 fully saturated rings. The van der Waals surface area contributed by atoms with E-state index >= 15 is 0 Å². The highest BCUT2D eigenvalue weighted by atomic mass is 79.9. The van der Waals surface area contributed by atoms with Crippen LogP contribution in [0.1, 0.15) is 17.2 Å². The zero-order chi connectivity index (χ0) is 14.0. The summed E-state index contributed by atoms with van der Waals surface area (Å²) in [5.74, 6) is -0.435. The van der Waals surface area contributed by atoms with Gasteiger partial charge in [0.05, 0.1) is 11.1 Å². The molecule has 0 aliphatic rings. The first kappa shape index (κ1) is 14.8. The Bertz CT molecular complexity index is 604. The summed E-state index contributed by atoms with van der Waals surface area (Å²) in [5, 5.41) is 3.77. The fourth-order valence-corrected chi connectivity index (χ4v) is 2.63. The van der Waals surface area contributed by atoms with Gasteiger partial charge in [0.1, 0.15) is 5.82 Å². The van der Waals surface area contributed by atoms with Crippen molar-refractivity contribution in [3.63, 3.8) is 0 Å². The maximum absolute atomic E-state index is 14.3. The summed E-state index contributed by atoms with van der Waals surface area (Å²) in [5.41, 5.74) is 1.37. The summed E-state index contributed by atoms with van der Waals surface area (Å²) in [6.07, 6.45) is 0. The molecule has 0 saturated carbocycles. The summed E-state index contributed by atoms with van der Waals surface area (Å²) < 4.78 is 14.8. The predicted molar refractivity (Wildman–Crippen MR) is 81.5 cm³/mol. The second-order valence-corrected chi connectivity index (χ2v) is 5.71. The van der Waals surface area contributed by atoms with Crippen molar-refractivity contribution in [1.82, 2.24) is 5.32 Å². The van der Waals surface area contributed by atoms with E-state index in [-0.39, 0.29) is 11.1 Å². The molecule has 0 heterocycles. The summed E-state index contributed by atoms with van der Waals surface area (Å²) in [7, 11) is 1.76. The first-order chi connectivity index (χ1) is 9.04. The van der Waals surface area contributed by atoms with Crippen molar-refractivity contribution in [2.75, 3.05) is 7.05 Å². The van der Waals surface area contributed by atoms with Crippen LogP contribution in [-0.2, 0) is 0 Å². The lowest BCUT2D eigenvalue weighted by atomic mass is 9.98. The first-order valence-corrected chi connectivity index (χ1v) is 7.15. The number of rotatable bonds is 3. The van der Waals surface area contributed by atoms with Crippen LogP contribution in [0.5, 0.6) is 0 Å². The smallest absolute Gasteiger partial charge is 0.148 e. The van der Waals surface area contributed by atoms with Crippen molar-refractivity contribution in [1.29, 1.82) is 0 Å². The number of hydrogen-bond acceptors (Lipinski definition) is 1. The van der Waals surface area contributed by atoms with E-state index < -0.39 is 5.82 Å². The SMILES string of the molecule is CNC(c1cccc(Cl)c1)c1ccc(Br)c(Cl)c1F. The Morgan fingerprint density at radius 1 is 1.21 bits per heavy atom. The maximum Gasteiger partial charge on any atom is 0.148 e. The lowest BCUT2D eigenvalue weighted by molar-refractivity contribution is 0.576. The average molecular weight is 363 g/mol. The quantitative estimate of drug-likeness (QED) is 0.739. The van der Waals surface area contributed by atoms with Crippen molar-refractivity contribution < 1.29 is 4.39 Å². The van der Waals surface area contributed by atoms with Gasteiger partial charge in [0.2, 0.25) is 0 Å². The van der Waals surface area contributed by atoms with Gasteiger partial charge in [0.15, 0.2) is 0 Å². The highest BCUT2D eigenvalue weighted by molar-refractivity contribution is 9.10. The molecule has 0 saturated heterocycles. The van der Waals surface area contributed by atoms with E-state index in [1.54, 1.807) is 31.3 Å². The molecule has 0 aliphatic heterocycles. The molecule has 2 aromatic rings. The molecule has 100 valence electrons. The zero-order valence-corrected chi connectivity index (χ0v) is 13.2. The fourth-order valence-electron chi connectivity index (χ4n) is 1.95. The van der Waals surface area contributed by atoms with E-state index in [0.717, 1.165) is 5.56 Å². The van der Waals surface area contributed by atoms with Gasteiger partial charge in [-0.25, -0.2) is 4.39 Å². The van der Waals surface area contributed by atoms with E-state index in [0.29, 0.717) is 15.1 Å². The van der Waals surface area contributed by atoms with Gasteiger partial charge in [-0.05, 0) is 46.7 Å². The minimum atomic E-state index is -0.435. The standard InChI is InChI=1S/C14H11BrCl2FN/c1-19-14(8-3-2-4-9(16)7-8)10-5-6-11(15)12(17)13(10)18/h2-7,14,19H,1H3. The molecule has 0 spiro atoms. The molecule has 0 aromatic heterocycles. The summed E-state index contributed by atoms with van der Waals surface area (Å²) in [4.78, 5) is 0. The van der Waals surface area contributed by atoms with Crippen LogP contribution in [0.2, 0.25) is 10.0 Å². The molecular weight excluding hydrogens is 352 g/mol. The largest absolute Gasteiger partial charge is 0.309 e. The Hall–Kier alpha value is -0.610. The lowest BCUT2D eigenvalue weighted by Crippen LogP contribution is -2.19. The van der Waals surface area contributed by atoms with Crippen molar-refractivity contribution >= 4 is 39.1 Å². The Kier molecular flexibility index (Phi) is 4.85. The van der Waals surface area contributed by atoms with Gasteiger partial charge in [-0.2, -0.15) is 0 Å². The molecule has 2 aromatic carbocycles. The fraction of sp³-hybridized carbons (Fsp3) is 0.143. The Morgan fingerprint density at radius 2 is 1.95 bits per heavy atom. The van der Waals surface area contributed by atoms with E-state index in [4.69, 9.17) is 23.2 Å². The van der Waals surface area contributed by atoms with Crippen LogP contribution < -0.4 is 5.32 Å². The third-order valence-corrected chi connectivity index (χ3v) is 4.34. The molecule has 1 N–H and O–H groups in total. The monoisotopic (exact) mass is 361 g/mol. The van der Waals surface area contributed by atoms with Crippen LogP contribution in [0.4, 0.5) is 4.39 Å². The number of benzene rings is 2. The third kappa shape index (κ3) is 3.11. The van der Waals surface area contributed by atoms with Crippen LogP contribution in [0.25, 0.3) is 0 Å². The van der Waals surface area contributed by atoms with E-state index in [1.165, 1.54) is 0 Å².